The number of halogens is 1. The third kappa shape index (κ3) is 1.99. The number of nitrogens with two attached hydrogens (primary N) is 1. The molecule has 1 aromatic carbocycles. The van der Waals surface area contributed by atoms with Crippen LogP contribution in [0.5, 0.6) is 0 Å². The maximum atomic E-state index is 13.1. The van der Waals surface area contributed by atoms with Gasteiger partial charge in [0.15, 0.2) is 0 Å². The molecule has 3 aromatic rings. The Balaban J connectivity index is 2.06. The molecular weight excluding hydrogens is 253 g/mol. The zero-order valence-corrected chi connectivity index (χ0v) is 10.5. The summed E-state index contributed by atoms with van der Waals surface area (Å²) in [5.74, 6) is -0.199. The first-order valence-electron chi connectivity index (χ1n) is 5.21. The Labute approximate surface area is 106 Å². The highest BCUT2D eigenvalue weighted by Gasteiger charge is 2.12. The number of rotatable bonds is 2. The fourth-order valence-corrected chi connectivity index (χ4v) is 3.61. The van der Waals surface area contributed by atoms with Gasteiger partial charge in [-0.3, -0.25) is 0 Å². The van der Waals surface area contributed by atoms with Gasteiger partial charge in [-0.15, -0.1) is 11.3 Å². The smallest absolute Gasteiger partial charge is 0.124 e. The SMILES string of the molecule is NC(c1ccsc1)c1cc2ccc(F)cc2s1. The number of hydrogen-bond acceptors (Lipinski definition) is 3. The Morgan fingerprint density at radius 1 is 1.18 bits per heavy atom. The minimum Gasteiger partial charge on any atom is -0.320 e. The van der Waals surface area contributed by atoms with Crippen molar-refractivity contribution < 1.29 is 4.39 Å². The second-order valence-corrected chi connectivity index (χ2v) is 5.76. The van der Waals surface area contributed by atoms with Crippen LogP contribution in [0.25, 0.3) is 10.1 Å². The van der Waals surface area contributed by atoms with E-state index in [1.165, 1.54) is 6.07 Å². The summed E-state index contributed by atoms with van der Waals surface area (Å²) in [5.41, 5.74) is 7.30. The molecular formula is C13H10FNS2. The lowest BCUT2D eigenvalue weighted by molar-refractivity contribution is 0.630. The molecule has 86 valence electrons. The third-order valence-electron chi connectivity index (χ3n) is 2.71. The normalized spacial score (nSPS) is 13.1. The fourth-order valence-electron chi connectivity index (χ4n) is 1.80. The minimum atomic E-state index is -0.199. The number of hydrogen-bond donors (Lipinski definition) is 1. The van der Waals surface area contributed by atoms with Gasteiger partial charge in [0.05, 0.1) is 6.04 Å². The molecule has 17 heavy (non-hydrogen) atoms. The average Bonchev–Trinajstić information content (AvgIpc) is 2.96. The molecule has 4 heteroatoms. The maximum absolute atomic E-state index is 13.1. The lowest BCUT2D eigenvalue weighted by Crippen LogP contribution is -2.08. The van der Waals surface area contributed by atoms with Gasteiger partial charge >= 0.3 is 0 Å². The molecule has 0 aliphatic rings. The fraction of sp³-hybridized carbons (Fsp3) is 0.0769. The molecule has 3 rings (SSSR count). The van der Waals surface area contributed by atoms with Crippen LogP contribution in [0.4, 0.5) is 4.39 Å². The largest absolute Gasteiger partial charge is 0.320 e. The van der Waals surface area contributed by atoms with Crippen LogP contribution in [0.1, 0.15) is 16.5 Å². The molecule has 2 N–H and O–H groups in total. The molecule has 0 amide bonds. The molecule has 1 nitrogen and oxygen atoms in total. The summed E-state index contributed by atoms with van der Waals surface area (Å²) in [7, 11) is 0. The Kier molecular flexibility index (Phi) is 2.70. The van der Waals surface area contributed by atoms with Gasteiger partial charge in [-0.05, 0) is 46.0 Å². The summed E-state index contributed by atoms with van der Waals surface area (Å²) in [6.45, 7) is 0. The van der Waals surface area contributed by atoms with Crippen LogP contribution in [0.2, 0.25) is 0 Å². The molecule has 0 aliphatic heterocycles. The van der Waals surface area contributed by atoms with E-state index in [2.05, 4.69) is 5.38 Å². The zero-order valence-electron chi connectivity index (χ0n) is 8.89. The summed E-state index contributed by atoms with van der Waals surface area (Å²) in [4.78, 5) is 1.07. The van der Waals surface area contributed by atoms with Crippen LogP contribution < -0.4 is 5.73 Å². The lowest BCUT2D eigenvalue weighted by Gasteiger charge is -2.05. The standard InChI is InChI=1S/C13H10FNS2/c14-10-2-1-8-5-12(17-11(8)6-10)13(15)9-3-4-16-7-9/h1-7,13H,15H2. The highest BCUT2D eigenvalue weighted by molar-refractivity contribution is 7.19. The van der Waals surface area contributed by atoms with Gasteiger partial charge in [-0.25, -0.2) is 4.39 Å². The lowest BCUT2D eigenvalue weighted by atomic mass is 10.1. The van der Waals surface area contributed by atoms with E-state index in [9.17, 15) is 4.39 Å². The van der Waals surface area contributed by atoms with Gasteiger partial charge in [0.1, 0.15) is 5.82 Å². The molecule has 0 spiro atoms. The van der Waals surface area contributed by atoms with Crippen LogP contribution in [-0.4, -0.2) is 0 Å². The average molecular weight is 263 g/mol. The molecule has 0 fully saturated rings. The first-order chi connectivity index (χ1) is 8.24. The number of benzene rings is 1. The Hall–Kier alpha value is -1.23. The molecule has 0 aliphatic carbocycles. The molecule has 2 heterocycles. The summed E-state index contributed by atoms with van der Waals surface area (Å²) in [5, 5.41) is 5.12. The molecule has 0 radical (unpaired) electrons. The van der Waals surface area contributed by atoms with E-state index in [1.54, 1.807) is 34.8 Å². The molecule has 1 unspecified atom stereocenters. The highest BCUT2D eigenvalue weighted by atomic mass is 32.1. The van der Waals surface area contributed by atoms with Crippen molar-refractivity contribution in [1.29, 1.82) is 0 Å². The second kappa shape index (κ2) is 4.22. The van der Waals surface area contributed by atoms with Gasteiger partial charge in [0.25, 0.3) is 0 Å². The van der Waals surface area contributed by atoms with Crippen molar-refractivity contribution in [2.45, 2.75) is 6.04 Å². The zero-order chi connectivity index (χ0) is 11.8. The molecule has 0 saturated carbocycles. The van der Waals surface area contributed by atoms with Gasteiger partial charge in [0, 0.05) is 9.58 Å². The van der Waals surface area contributed by atoms with Crippen molar-refractivity contribution in [1.82, 2.24) is 0 Å². The van der Waals surface area contributed by atoms with Crippen molar-refractivity contribution in [3.05, 3.63) is 57.3 Å². The maximum Gasteiger partial charge on any atom is 0.124 e. The minimum absolute atomic E-state index is 0.110. The van der Waals surface area contributed by atoms with Gasteiger partial charge in [0.2, 0.25) is 0 Å². The van der Waals surface area contributed by atoms with Gasteiger partial charge in [-0.1, -0.05) is 6.07 Å². The first-order valence-corrected chi connectivity index (χ1v) is 6.96. The van der Waals surface area contributed by atoms with E-state index in [0.29, 0.717) is 0 Å². The molecule has 2 aromatic heterocycles. The first kappa shape index (κ1) is 10.9. The van der Waals surface area contributed by atoms with Crippen LogP contribution >= 0.6 is 22.7 Å². The van der Waals surface area contributed by atoms with Gasteiger partial charge < -0.3 is 5.73 Å². The van der Waals surface area contributed by atoms with E-state index >= 15 is 0 Å². The van der Waals surface area contributed by atoms with E-state index in [1.807, 2.05) is 17.5 Å². The molecule has 0 bridgehead atoms. The van der Waals surface area contributed by atoms with Crippen molar-refractivity contribution >= 4 is 32.8 Å². The number of thiophene rings is 2. The van der Waals surface area contributed by atoms with Crippen molar-refractivity contribution in [2.24, 2.45) is 5.73 Å². The molecule has 1 atom stereocenters. The quantitative estimate of drug-likeness (QED) is 0.738. The van der Waals surface area contributed by atoms with E-state index < -0.39 is 0 Å². The van der Waals surface area contributed by atoms with Gasteiger partial charge in [-0.2, -0.15) is 11.3 Å². The summed E-state index contributed by atoms with van der Waals surface area (Å²) >= 11 is 3.19. The van der Waals surface area contributed by atoms with Crippen molar-refractivity contribution in [2.75, 3.05) is 0 Å². The summed E-state index contributed by atoms with van der Waals surface area (Å²) in [6.07, 6.45) is 0. The van der Waals surface area contributed by atoms with Crippen molar-refractivity contribution in [3.63, 3.8) is 0 Å². The monoisotopic (exact) mass is 263 g/mol. The van der Waals surface area contributed by atoms with E-state index in [-0.39, 0.29) is 11.9 Å². The van der Waals surface area contributed by atoms with Crippen LogP contribution in [0, 0.1) is 5.82 Å². The predicted octanol–water partition coefficient (Wildman–Crippen LogP) is 4.15. The predicted molar refractivity (Wildman–Crippen MR) is 72.1 cm³/mol. The van der Waals surface area contributed by atoms with Crippen molar-refractivity contribution in [3.8, 4) is 0 Å². The number of fused-ring (bicyclic) bond motifs is 1. The Bertz CT molecular complexity index is 643. The third-order valence-corrected chi connectivity index (χ3v) is 4.59. The Morgan fingerprint density at radius 3 is 2.82 bits per heavy atom. The topological polar surface area (TPSA) is 26.0 Å². The van der Waals surface area contributed by atoms with Crippen LogP contribution in [0.3, 0.4) is 0 Å². The second-order valence-electron chi connectivity index (χ2n) is 3.87. The van der Waals surface area contributed by atoms with Crippen LogP contribution in [0.15, 0.2) is 41.1 Å². The Morgan fingerprint density at radius 2 is 2.06 bits per heavy atom. The highest BCUT2D eigenvalue weighted by Crippen LogP contribution is 2.32. The molecule has 0 saturated heterocycles. The van der Waals surface area contributed by atoms with E-state index in [0.717, 1.165) is 20.5 Å². The van der Waals surface area contributed by atoms with E-state index in [4.69, 9.17) is 5.73 Å². The summed E-state index contributed by atoms with van der Waals surface area (Å²) < 4.78 is 14.0. The summed E-state index contributed by atoms with van der Waals surface area (Å²) in [6, 6.07) is 8.80. The van der Waals surface area contributed by atoms with Crippen LogP contribution in [-0.2, 0) is 0 Å².